The van der Waals surface area contributed by atoms with Crippen LogP contribution in [0.5, 0.6) is 0 Å². The van der Waals surface area contributed by atoms with Crippen molar-refractivity contribution in [3.8, 4) is 11.1 Å². The number of amides is 1. The maximum Gasteiger partial charge on any atom is 0.226 e. The molecule has 0 spiro atoms. The number of hydrogen-bond acceptors (Lipinski definition) is 4. The molecule has 2 N–H and O–H groups in total. The van der Waals surface area contributed by atoms with Crippen LogP contribution in [0.2, 0.25) is 0 Å². The van der Waals surface area contributed by atoms with E-state index < -0.39 is 5.92 Å². The zero-order chi connectivity index (χ0) is 18.8. The van der Waals surface area contributed by atoms with Crippen molar-refractivity contribution < 1.29 is 4.79 Å². The van der Waals surface area contributed by atoms with Crippen molar-refractivity contribution in [2.75, 3.05) is 0 Å². The number of hydrogen-bond donors (Lipinski definition) is 1. The van der Waals surface area contributed by atoms with Gasteiger partial charge in [-0.3, -0.25) is 9.48 Å². The lowest BCUT2D eigenvalue weighted by Gasteiger charge is -2.11. The van der Waals surface area contributed by atoms with Gasteiger partial charge in [0.05, 0.1) is 17.1 Å². The fraction of sp³-hybridized carbons (Fsp3) is 0.143. The zero-order valence-corrected chi connectivity index (χ0v) is 14.9. The predicted octanol–water partition coefficient (Wildman–Crippen LogP) is 2.84. The number of carbonyl (C=O) groups is 1. The normalized spacial score (nSPS) is 12.2. The average molecular weight is 357 g/mol. The summed E-state index contributed by atoms with van der Waals surface area (Å²) in [5, 5.41) is 5.56. The van der Waals surface area contributed by atoms with E-state index in [1.54, 1.807) is 17.1 Å². The molecular formula is C21H19N5O. The highest BCUT2D eigenvalue weighted by Gasteiger charge is 2.24. The molecule has 0 aliphatic heterocycles. The van der Waals surface area contributed by atoms with Crippen LogP contribution >= 0.6 is 0 Å². The van der Waals surface area contributed by atoms with Gasteiger partial charge in [0.1, 0.15) is 6.33 Å². The number of benzene rings is 2. The van der Waals surface area contributed by atoms with Crippen molar-refractivity contribution in [3.05, 3.63) is 78.5 Å². The van der Waals surface area contributed by atoms with Crippen LogP contribution in [-0.2, 0) is 18.3 Å². The Bertz CT molecular complexity index is 1090. The molecule has 0 saturated carbocycles. The highest BCUT2D eigenvalue weighted by molar-refractivity contribution is 5.92. The Balaban J connectivity index is 1.78. The van der Waals surface area contributed by atoms with Crippen LogP contribution < -0.4 is 5.73 Å². The quantitative estimate of drug-likeness (QED) is 0.595. The van der Waals surface area contributed by atoms with Crippen LogP contribution in [0.25, 0.3) is 22.0 Å². The summed E-state index contributed by atoms with van der Waals surface area (Å²) in [6.07, 6.45) is 5.57. The van der Waals surface area contributed by atoms with Gasteiger partial charge in [0, 0.05) is 30.4 Å². The molecule has 0 aliphatic carbocycles. The van der Waals surface area contributed by atoms with Crippen LogP contribution in [0, 0.1) is 0 Å². The largest absolute Gasteiger partial charge is 0.369 e. The number of rotatable bonds is 5. The molecule has 4 rings (SSSR count). The minimum absolute atomic E-state index is 0.376. The predicted molar refractivity (Wildman–Crippen MR) is 104 cm³/mol. The maximum absolute atomic E-state index is 12.2. The molecule has 4 aromatic rings. The standard InChI is InChI=1S/C21H19N5O/c1-26-19-10-15(16-11-23-13-24-12-16)7-8-17(19)20(25-26)18(21(22)27)9-14-5-3-2-4-6-14/h2-8,10-13,18H,9H2,1H3,(H2,22,27). The van der Waals surface area contributed by atoms with E-state index in [-0.39, 0.29) is 5.91 Å². The number of aromatic nitrogens is 4. The van der Waals surface area contributed by atoms with Gasteiger partial charge < -0.3 is 5.73 Å². The van der Waals surface area contributed by atoms with E-state index >= 15 is 0 Å². The number of nitrogens with zero attached hydrogens (tertiary/aromatic N) is 4. The fourth-order valence-electron chi connectivity index (χ4n) is 3.35. The van der Waals surface area contributed by atoms with Gasteiger partial charge >= 0.3 is 0 Å². The lowest BCUT2D eigenvalue weighted by molar-refractivity contribution is -0.119. The van der Waals surface area contributed by atoms with E-state index in [1.807, 2.05) is 55.6 Å². The maximum atomic E-state index is 12.2. The summed E-state index contributed by atoms with van der Waals surface area (Å²) in [7, 11) is 1.87. The van der Waals surface area contributed by atoms with E-state index in [0.717, 1.165) is 27.6 Å². The van der Waals surface area contributed by atoms with Crippen molar-refractivity contribution in [3.63, 3.8) is 0 Å². The second-order valence-corrected chi connectivity index (χ2v) is 6.51. The molecule has 2 aromatic carbocycles. The van der Waals surface area contributed by atoms with E-state index in [9.17, 15) is 4.79 Å². The lowest BCUT2D eigenvalue weighted by atomic mass is 9.93. The Morgan fingerprint density at radius 3 is 2.52 bits per heavy atom. The fourth-order valence-corrected chi connectivity index (χ4v) is 3.35. The topological polar surface area (TPSA) is 86.7 Å². The van der Waals surface area contributed by atoms with Crippen LogP contribution in [0.4, 0.5) is 0 Å². The van der Waals surface area contributed by atoms with Gasteiger partial charge in [-0.05, 0) is 23.6 Å². The number of carbonyl (C=O) groups excluding carboxylic acids is 1. The summed E-state index contributed by atoms with van der Waals surface area (Å²) in [4.78, 5) is 20.3. The molecule has 0 aliphatic rings. The molecule has 6 nitrogen and oxygen atoms in total. The van der Waals surface area contributed by atoms with Gasteiger partial charge in [-0.25, -0.2) is 9.97 Å². The highest BCUT2D eigenvalue weighted by Crippen LogP contribution is 2.30. The SMILES string of the molecule is Cn1nc(C(Cc2ccccc2)C(N)=O)c2ccc(-c3cncnc3)cc21. The Morgan fingerprint density at radius 2 is 1.81 bits per heavy atom. The summed E-state index contributed by atoms with van der Waals surface area (Å²) in [6, 6.07) is 15.9. The molecule has 0 saturated heterocycles. The molecule has 0 fully saturated rings. The van der Waals surface area contributed by atoms with E-state index in [4.69, 9.17) is 5.73 Å². The molecule has 134 valence electrons. The van der Waals surface area contributed by atoms with Crippen molar-refractivity contribution in [2.24, 2.45) is 12.8 Å². The van der Waals surface area contributed by atoms with Crippen LogP contribution in [-0.4, -0.2) is 25.7 Å². The van der Waals surface area contributed by atoms with Gasteiger partial charge in [0.15, 0.2) is 0 Å². The van der Waals surface area contributed by atoms with Gasteiger partial charge in [-0.15, -0.1) is 0 Å². The van der Waals surface area contributed by atoms with Gasteiger partial charge in [0.25, 0.3) is 0 Å². The minimum Gasteiger partial charge on any atom is -0.369 e. The minimum atomic E-state index is -0.484. The Labute approximate surface area is 156 Å². The molecule has 27 heavy (non-hydrogen) atoms. The first-order chi connectivity index (χ1) is 13.1. The van der Waals surface area contributed by atoms with Crippen LogP contribution in [0.1, 0.15) is 17.2 Å². The van der Waals surface area contributed by atoms with Crippen molar-refractivity contribution >= 4 is 16.8 Å². The first kappa shape index (κ1) is 16.9. The molecule has 1 unspecified atom stereocenters. The Morgan fingerprint density at radius 1 is 1.07 bits per heavy atom. The summed E-state index contributed by atoms with van der Waals surface area (Å²) >= 11 is 0. The molecule has 2 heterocycles. The molecular weight excluding hydrogens is 338 g/mol. The zero-order valence-electron chi connectivity index (χ0n) is 14.9. The molecule has 0 bridgehead atoms. The second kappa shape index (κ2) is 6.99. The smallest absolute Gasteiger partial charge is 0.226 e. The number of primary amides is 1. The third-order valence-electron chi connectivity index (χ3n) is 4.73. The third kappa shape index (κ3) is 3.29. The Hall–Kier alpha value is -3.54. The van der Waals surface area contributed by atoms with E-state index in [1.165, 1.54) is 6.33 Å². The summed E-state index contributed by atoms with van der Waals surface area (Å²) in [5.41, 5.74) is 10.4. The summed E-state index contributed by atoms with van der Waals surface area (Å²) in [6.45, 7) is 0. The lowest BCUT2D eigenvalue weighted by Crippen LogP contribution is -2.24. The highest BCUT2D eigenvalue weighted by atomic mass is 16.1. The van der Waals surface area contributed by atoms with Crippen molar-refractivity contribution in [1.29, 1.82) is 0 Å². The molecule has 1 atom stereocenters. The number of fused-ring (bicyclic) bond motifs is 1. The second-order valence-electron chi connectivity index (χ2n) is 6.51. The monoisotopic (exact) mass is 357 g/mol. The first-order valence-corrected chi connectivity index (χ1v) is 8.69. The summed E-state index contributed by atoms with van der Waals surface area (Å²) < 4.78 is 1.79. The molecule has 1 amide bonds. The molecule has 0 radical (unpaired) electrons. The molecule has 2 aromatic heterocycles. The third-order valence-corrected chi connectivity index (χ3v) is 4.73. The van der Waals surface area contributed by atoms with Crippen molar-refractivity contribution in [1.82, 2.24) is 19.7 Å². The van der Waals surface area contributed by atoms with E-state index in [0.29, 0.717) is 12.1 Å². The summed E-state index contributed by atoms with van der Waals surface area (Å²) in [5.74, 6) is -0.860. The Kier molecular flexibility index (Phi) is 4.38. The van der Waals surface area contributed by atoms with Crippen LogP contribution in [0.3, 0.4) is 0 Å². The van der Waals surface area contributed by atoms with Gasteiger partial charge in [0.2, 0.25) is 5.91 Å². The van der Waals surface area contributed by atoms with Crippen molar-refractivity contribution in [2.45, 2.75) is 12.3 Å². The average Bonchev–Trinajstić information content (AvgIpc) is 3.03. The molecule has 6 heteroatoms. The number of aryl methyl sites for hydroxylation is 1. The first-order valence-electron chi connectivity index (χ1n) is 8.69. The van der Waals surface area contributed by atoms with E-state index in [2.05, 4.69) is 15.1 Å². The van der Waals surface area contributed by atoms with Gasteiger partial charge in [-0.2, -0.15) is 5.10 Å². The number of nitrogens with two attached hydrogens (primary N) is 1. The van der Waals surface area contributed by atoms with Crippen LogP contribution in [0.15, 0.2) is 67.3 Å². The van der Waals surface area contributed by atoms with Gasteiger partial charge in [-0.1, -0.05) is 42.5 Å².